The highest BCUT2D eigenvalue weighted by atomic mass is 16.3. The highest BCUT2D eigenvalue weighted by Crippen LogP contribution is 2.28. The standard InChI is InChI=1S/C15H22N2O2/c1-10-7-8-12(11(2)14(10)18)17-15(19)13-6-4-3-5-9-16-13/h7-8,13,16,18H,3-6,9H2,1-2H3,(H,17,19). The van der Waals surface area contributed by atoms with Crippen LogP contribution in [0.3, 0.4) is 0 Å². The van der Waals surface area contributed by atoms with Crippen molar-refractivity contribution in [1.29, 1.82) is 0 Å². The predicted molar refractivity (Wildman–Crippen MR) is 76.5 cm³/mol. The van der Waals surface area contributed by atoms with Crippen LogP contribution in [0.15, 0.2) is 12.1 Å². The Morgan fingerprint density at radius 1 is 1.32 bits per heavy atom. The first-order valence-electron chi connectivity index (χ1n) is 6.93. The minimum atomic E-state index is -0.120. The second kappa shape index (κ2) is 6.06. The van der Waals surface area contributed by atoms with Crippen LogP contribution in [0.5, 0.6) is 5.75 Å². The molecule has 1 heterocycles. The maximum absolute atomic E-state index is 12.2. The summed E-state index contributed by atoms with van der Waals surface area (Å²) in [7, 11) is 0. The van der Waals surface area contributed by atoms with Gasteiger partial charge in [-0.05, 0) is 44.9 Å². The molecule has 1 saturated heterocycles. The van der Waals surface area contributed by atoms with Crippen molar-refractivity contribution in [2.45, 2.75) is 45.6 Å². The van der Waals surface area contributed by atoms with Crippen LogP contribution in [0.25, 0.3) is 0 Å². The Morgan fingerprint density at radius 3 is 2.89 bits per heavy atom. The number of carbonyl (C=O) groups excluding carboxylic acids is 1. The number of phenolic OH excluding ortho intramolecular Hbond substituents is 1. The molecule has 1 fully saturated rings. The number of carbonyl (C=O) groups is 1. The molecule has 0 saturated carbocycles. The van der Waals surface area contributed by atoms with Gasteiger partial charge >= 0.3 is 0 Å². The molecule has 19 heavy (non-hydrogen) atoms. The number of amides is 1. The third-order valence-electron chi connectivity index (χ3n) is 3.77. The van der Waals surface area contributed by atoms with Gasteiger partial charge in [-0.15, -0.1) is 0 Å². The number of anilines is 1. The number of benzene rings is 1. The smallest absolute Gasteiger partial charge is 0.241 e. The maximum Gasteiger partial charge on any atom is 0.241 e. The lowest BCUT2D eigenvalue weighted by atomic mass is 10.1. The Balaban J connectivity index is 2.08. The molecule has 4 nitrogen and oxygen atoms in total. The zero-order chi connectivity index (χ0) is 13.8. The molecule has 1 unspecified atom stereocenters. The van der Waals surface area contributed by atoms with E-state index in [0.717, 1.165) is 36.9 Å². The van der Waals surface area contributed by atoms with Crippen molar-refractivity contribution in [2.75, 3.05) is 11.9 Å². The molecule has 1 aliphatic heterocycles. The van der Waals surface area contributed by atoms with Gasteiger partial charge in [-0.3, -0.25) is 4.79 Å². The van der Waals surface area contributed by atoms with Crippen LogP contribution >= 0.6 is 0 Å². The zero-order valence-electron chi connectivity index (χ0n) is 11.6. The van der Waals surface area contributed by atoms with Crippen molar-refractivity contribution >= 4 is 11.6 Å². The summed E-state index contributed by atoms with van der Waals surface area (Å²) in [6, 6.07) is 3.54. The van der Waals surface area contributed by atoms with Crippen LogP contribution in [0.2, 0.25) is 0 Å². The molecule has 104 valence electrons. The monoisotopic (exact) mass is 262 g/mol. The van der Waals surface area contributed by atoms with E-state index in [1.54, 1.807) is 0 Å². The SMILES string of the molecule is Cc1ccc(NC(=O)C2CCCCCN2)c(C)c1O. The highest BCUT2D eigenvalue weighted by molar-refractivity contribution is 5.95. The van der Waals surface area contributed by atoms with Crippen LogP contribution in [0.1, 0.15) is 36.8 Å². The van der Waals surface area contributed by atoms with Crippen molar-refractivity contribution in [1.82, 2.24) is 5.32 Å². The van der Waals surface area contributed by atoms with Gasteiger partial charge in [0.15, 0.2) is 0 Å². The van der Waals surface area contributed by atoms with E-state index in [4.69, 9.17) is 0 Å². The Bertz CT molecular complexity index is 463. The number of aryl methyl sites for hydroxylation is 1. The van der Waals surface area contributed by atoms with E-state index in [-0.39, 0.29) is 17.7 Å². The molecular formula is C15H22N2O2. The van der Waals surface area contributed by atoms with E-state index < -0.39 is 0 Å². The third kappa shape index (κ3) is 3.26. The lowest BCUT2D eigenvalue weighted by Gasteiger charge is -2.17. The Labute approximate surface area is 114 Å². The van der Waals surface area contributed by atoms with E-state index in [1.165, 1.54) is 6.42 Å². The van der Waals surface area contributed by atoms with Crippen LogP contribution < -0.4 is 10.6 Å². The van der Waals surface area contributed by atoms with Crippen molar-refractivity contribution < 1.29 is 9.90 Å². The molecule has 0 bridgehead atoms. The minimum absolute atomic E-state index is 0.00625. The molecule has 4 heteroatoms. The molecule has 1 atom stereocenters. The van der Waals surface area contributed by atoms with E-state index in [9.17, 15) is 9.90 Å². The number of rotatable bonds is 2. The normalized spacial score (nSPS) is 19.8. The second-order valence-electron chi connectivity index (χ2n) is 5.25. The fourth-order valence-electron chi connectivity index (χ4n) is 2.44. The van der Waals surface area contributed by atoms with E-state index in [0.29, 0.717) is 5.69 Å². The minimum Gasteiger partial charge on any atom is -0.507 e. The van der Waals surface area contributed by atoms with Crippen LogP contribution in [-0.2, 0) is 4.79 Å². The molecule has 0 aliphatic carbocycles. The van der Waals surface area contributed by atoms with Crippen molar-refractivity contribution in [3.8, 4) is 5.75 Å². The first kappa shape index (κ1) is 13.9. The van der Waals surface area contributed by atoms with E-state index in [1.807, 2.05) is 26.0 Å². The van der Waals surface area contributed by atoms with Crippen molar-refractivity contribution in [3.63, 3.8) is 0 Å². The zero-order valence-corrected chi connectivity index (χ0v) is 11.6. The second-order valence-corrected chi connectivity index (χ2v) is 5.25. The first-order valence-corrected chi connectivity index (χ1v) is 6.93. The molecule has 1 amide bonds. The molecule has 1 aromatic rings. The van der Waals surface area contributed by atoms with Crippen LogP contribution in [-0.4, -0.2) is 23.6 Å². The summed E-state index contributed by atoms with van der Waals surface area (Å²) in [5, 5.41) is 16.1. The van der Waals surface area contributed by atoms with Crippen LogP contribution in [0, 0.1) is 13.8 Å². The fourth-order valence-corrected chi connectivity index (χ4v) is 2.44. The molecule has 2 rings (SSSR count). The van der Waals surface area contributed by atoms with Crippen molar-refractivity contribution in [3.05, 3.63) is 23.3 Å². The molecule has 1 aromatic carbocycles. The van der Waals surface area contributed by atoms with Gasteiger partial charge in [0.05, 0.1) is 6.04 Å². The van der Waals surface area contributed by atoms with E-state index in [2.05, 4.69) is 10.6 Å². The first-order chi connectivity index (χ1) is 9.09. The summed E-state index contributed by atoms with van der Waals surface area (Å²) in [5.74, 6) is 0.250. The van der Waals surface area contributed by atoms with Gasteiger partial charge in [0, 0.05) is 11.3 Å². The van der Waals surface area contributed by atoms with Crippen molar-refractivity contribution in [2.24, 2.45) is 0 Å². The van der Waals surface area contributed by atoms with E-state index >= 15 is 0 Å². The Hall–Kier alpha value is -1.55. The predicted octanol–water partition coefficient (Wildman–Crippen LogP) is 2.48. The van der Waals surface area contributed by atoms with Gasteiger partial charge in [0.1, 0.15) is 5.75 Å². The van der Waals surface area contributed by atoms with Gasteiger partial charge in [-0.25, -0.2) is 0 Å². The van der Waals surface area contributed by atoms with Gasteiger partial charge in [-0.2, -0.15) is 0 Å². The molecule has 1 aliphatic rings. The Kier molecular flexibility index (Phi) is 4.43. The fraction of sp³-hybridized carbons (Fsp3) is 0.533. The molecule has 0 aromatic heterocycles. The third-order valence-corrected chi connectivity index (χ3v) is 3.77. The number of hydrogen-bond acceptors (Lipinski definition) is 3. The largest absolute Gasteiger partial charge is 0.507 e. The summed E-state index contributed by atoms with van der Waals surface area (Å²) in [4.78, 5) is 12.2. The Morgan fingerprint density at radius 2 is 2.11 bits per heavy atom. The highest BCUT2D eigenvalue weighted by Gasteiger charge is 2.20. The maximum atomic E-state index is 12.2. The number of hydrogen-bond donors (Lipinski definition) is 3. The lowest BCUT2D eigenvalue weighted by Crippen LogP contribution is -2.39. The topological polar surface area (TPSA) is 61.4 Å². The van der Waals surface area contributed by atoms with Gasteiger partial charge < -0.3 is 15.7 Å². The molecule has 0 spiro atoms. The average Bonchev–Trinajstić information content (AvgIpc) is 2.68. The molecular weight excluding hydrogens is 240 g/mol. The van der Waals surface area contributed by atoms with Crippen LogP contribution in [0.4, 0.5) is 5.69 Å². The number of nitrogens with one attached hydrogen (secondary N) is 2. The number of phenols is 1. The molecule has 3 N–H and O–H groups in total. The number of aromatic hydroxyl groups is 1. The lowest BCUT2D eigenvalue weighted by molar-refractivity contribution is -0.118. The summed E-state index contributed by atoms with van der Waals surface area (Å²) in [6.45, 7) is 4.56. The van der Waals surface area contributed by atoms with Gasteiger partial charge in [0.2, 0.25) is 5.91 Å². The molecule has 0 radical (unpaired) electrons. The summed E-state index contributed by atoms with van der Waals surface area (Å²) in [5.41, 5.74) is 2.24. The van der Waals surface area contributed by atoms with Gasteiger partial charge in [0.25, 0.3) is 0 Å². The summed E-state index contributed by atoms with van der Waals surface area (Å²) < 4.78 is 0. The quantitative estimate of drug-likeness (QED) is 0.767. The average molecular weight is 262 g/mol. The van der Waals surface area contributed by atoms with Gasteiger partial charge in [-0.1, -0.05) is 18.9 Å². The summed E-state index contributed by atoms with van der Waals surface area (Å²) in [6.07, 6.45) is 4.28. The summed E-state index contributed by atoms with van der Waals surface area (Å²) >= 11 is 0.